The first-order valence-electron chi connectivity index (χ1n) is 6.16. The lowest BCUT2D eigenvalue weighted by atomic mass is 9.81. The number of rotatable bonds is 3. The summed E-state index contributed by atoms with van der Waals surface area (Å²) in [5.41, 5.74) is 1.56. The standard InChI is InChI=1S/C13H20BrN3/c1-10-7-11(14)12(16-8-10)17-9-13(2)3-5-15-6-4-13/h7-8,15H,3-6,9H2,1-2H3,(H,16,17). The van der Waals surface area contributed by atoms with E-state index < -0.39 is 0 Å². The molecule has 0 saturated carbocycles. The number of pyridine rings is 1. The third kappa shape index (κ3) is 3.42. The van der Waals surface area contributed by atoms with Gasteiger partial charge in [0.15, 0.2) is 0 Å². The molecule has 94 valence electrons. The Labute approximate surface area is 112 Å². The van der Waals surface area contributed by atoms with Crippen molar-refractivity contribution in [2.75, 3.05) is 25.0 Å². The van der Waals surface area contributed by atoms with E-state index in [0.717, 1.165) is 29.9 Å². The number of piperidine rings is 1. The lowest BCUT2D eigenvalue weighted by Gasteiger charge is -2.34. The van der Waals surface area contributed by atoms with Crippen LogP contribution in [0.15, 0.2) is 16.7 Å². The molecule has 0 bridgehead atoms. The molecule has 0 aliphatic carbocycles. The van der Waals surface area contributed by atoms with Gasteiger partial charge in [0, 0.05) is 12.7 Å². The van der Waals surface area contributed by atoms with Crippen molar-refractivity contribution in [2.45, 2.75) is 26.7 Å². The highest BCUT2D eigenvalue weighted by Crippen LogP contribution is 2.29. The zero-order valence-corrected chi connectivity index (χ0v) is 12.1. The maximum Gasteiger partial charge on any atom is 0.140 e. The van der Waals surface area contributed by atoms with Gasteiger partial charge in [-0.2, -0.15) is 0 Å². The predicted octanol–water partition coefficient (Wildman–Crippen LogP) is 2.95. The van der Waals surface area contributed by atoms with Crippen molar-refractivity contribution in [1.29, 1.82) is 0 Å². The van der Waals surface area contributed by atoms with E-state index in [1.807, 2.05) is 6.20 Å². The van der Waals surface area contributed by atoms with Crippen LogP contribution >= 0.6 is 15.9 Å². The normalized spacial score (nSPS) is 19.0. The van der Waals surface area contributed by atoms with E-state index in [4.69, 9.17) is 0 Å². The van der Waals surface area contributed by atoms with Crippen LogP contribution in [0.5, 0.6) is 0 Å². The Morgan fingerprint density at radius 1 is 1.47 bits per heavy atom. The molecule has 1 aromatic heterocycles. The van der Waals surface area contributed by atoms with Crippen molar-refractivity contribution >= 4 is 21.7 Å². The number of hydrogen-bond donors (Lipinski definition) is 2. The maximum absolute atomic E-state index is 4.42. The Morgan fingerprint density at radius 2 is 2.18 bits per heavy atom. The molecule has 1 saturated heterocycles. The molecular weight excluding hydrogens is 278 g/mol. The summed E-state index contributed by atoms with van der Waals surface area (Å²) in [7, 11) is 0. The first-order valence-corrected chi connectivity index (χ1v) is 6.95. The SMILES string of the molecule is Cc1cnc(NCC2(C)CCNCC2)c(Br)c1. The fourth-order valence-electron chi connectivity index (χ4n) is 2.17. The first kappa shape index (κ1) is 12.8. The van der Waals surface area contributed by atoms with E-state index in [9.17, 15) is 0 Å². The maximum atomic E-state index is 4.42. The molecule has 0 atom stereocenters. The molecule has 3 nitrogen and oxygen atoms in total. The van der Waals surface area contributed by atoms with Gasteiger partial charge in [-0.15, -0.1) is 0 Å². The fourth-order valence-corrected chi connectivity index (χ4v) is 2.77. The van der Waals surface area contributed by atoms with Gasteiger partial charge in [0.25, 0.3) is 0 Å². The second-order valence-electron chi connectivity index (χ2n) is 5.26. The van der Waals surface area contributed by atoms with E-state index in [1.54, 1.807) is 0 Å². The van der Waals surface area contributed by atoms with Crippen molar-refractivity contribution in [3.63, 3.8) is 0 Å². The minimum atomic E-state index is 0.386. The minimum Gasteiger partial charge on any atom is -0.369 e. The largest absolute Gasteiger partial charge is 0.369 e. The average Bonchev–Trinajstić information content (AvgIpc) is 2.29. The summed E-state index contributed by atoms with van der Waals surface area (Å²) < 4.78 is 1.05. The van der Waals surface area contributed by atoms with Gasteiger partial charge in [-0.05, 0) is 65.8 Å². The summed E-state index contributed by atoms with van der Waals surface area (Å²) in [5, 5.41) is 6.87. The van der Waals surface area contributed by atoms with Crippen molar-refractivity contribution in [3.05, 3.63) is 22.3 Å². The Hall–Kier alpha value is -0.610. The van der Waals surface area contributed by atoms with Crippen LogP contribution in [-0.4, -0.2) is 24.6 Å². The van der Waals surface area contributed by atoms with Gasteiger partial charge < -0.3 is 10.6 Å². The van der Waals surface area contributed by atoms with Crippen LogP contribution in [0.2, 0.25) is 0 Å². The van der Waals surface area contributed by atoms with Gasteiger partial charge >= 0.3 is 0 Å². The first-order chi connectivity index (χ1) is 8.09. The van der Waals surface area contributed by atoms with E-state index >= 15 is 0 Å². The van der Waals surface area contributed by atoms with Crippen molar-refractivity contribution in [3.8, 4) is 0 Å². The van der Waals surface area contributed by atoms with Gasteiger partial charge in [-0.1, -0.05) is 6.92 Å². The molecule has 2 heterocycles. The number of nitrogens with zero attached hydrogens (tertiary/aromatic N) is 1. The van der Waals surface area contributed by atoms with Crippen LogP contribution in [-0.2, 0) is 0 Å². The molecule has 0 radical (unpaired) electrons. The molecule has 0 spiro atoms. The highest BCUT2D eigenvalue weighted by atomic mass is 79.9. The van der Waals surface area contributed by atoms with Crippen LogP contribution in [0, 0.1) is 12.3 Å². The van der Waals surface area contributed by atoms with E-state index in [0.29, 0.717) is 5.41 Å². The van der Waals surface area contributed by atoms with E-state index in [2.05, 4.69) is 51.5 Å². The number of hydrogen-bond acceptors (Lipinski definition) is 3. The highest BCUT2D eigenvalue weighted by molar-refractivity contribution is 9.10. The Morgan fingerprint density at radius 3 is 2.82 bits per heavy atom. The van der Waals surface area contributed by atoms with Crippen molar-refractivity contribution < 1.29 is 0 Å². The average molecular weight is 298 g/mol. The monoisotopic (exact) mass is 297 g/mol. The summed E-state index contributed by atoms with van der Waals surface area (Å²) >= 11 is 3.55. The Kier molecular flexibility index (Phi) is 4.05. The fraction of sp³-hybridized carbons (Fsp3) is 0.615. The van der Waals surface area contributed by atoms with Crippen LogP contribution < -0.4 is 10.6 Å². The number of anilines is 1. The van der Waals surface area contributed by atoms with Crippen LogP contribution in [0.3, 0.4) is 0 Å². The van der Waals surface area contributed by atoms with Crippen molar-refractivity contribution in [2.24, 2.45) is 5.41 Å². The number of halogens is 1. The summed E-state index contributed by atoms with van der Waals surface area (Å²) in [6.07, 6.45) is 4.35. The molecule has 2 N–H and O–H groups in total. The summed E-state index contributed by atoms with van der Waals surface area (Å²) in [6, 6.07) is 2.10. The molecule has 17 heavy (non-hydrogen) atoms. The minimum absolute atomic E-state index is 0.386. The third-order valence-corrected chi connectivity index (χ3v) is 4.08. The molecule has 4 heteroatoms. The molecule has 0 aromatic carbocycles. The number of aromatic nitrogens is 1. The molecule has 2 rings (SSSR count). The van der Waals surface area contributed by atoms with Gasteiger partial charge in [-0.25, -0.2) is 4.98 Å². The molecular formula is C13H20BrN3. The molecule has 1 fully saturated rings. The van der Waals surface area contributed by atoms with Crippen LogP contribution in [0.25, 0.3) is 0 Å². The Bertz CT molecular complexity index is 386. The Balaban J connectivity index is 1.97. The summed E-state index contributed by atoms with van der Waals surface area (Å²) in [6.45, 7) is 7.64. The second-order valence-corrected chi connectivity index (χ2v) is 6.11. The van der Waals surface area contributed by atoms with Gasteiger partial charge in [0.1, 0.15) is 5.82 Å². The molecule has 0 amide bonds. The quantitative estimate of drug-likeness (QED) is 0.901. The van der Waals surface area contributed by atoms with Gasteiger partial charge in [0.2, 0.25) is 0 Å². The molecule has 1 aromatic rings. The van der Waals surface area contributed by atoms with Crippen LogP contribution in [0.4, 0.5) is 5.82 Å². The van der Waals surface area contributed by atoms with E-state index in [-0.39, 0.29) is 0 Å². The smallest absolute Gasteiger partial charge is 0.140 e. The van der Waals surface area contributed by atoms with Gasteiger partial charge in [0.05, 0.1) is 4.47 Å². The predicted molar refractivity (Wildman–Crippen MR) is 75.4 cm³/mol. The molecule has 1 aliphatic heterocycles. The van der Waals surface area contributed by atoms with Gasteiger partial charge in [-0.3, -0.25) is 0 Å². The van der Waals surface area contributed by atoms with E-state index in [1.165, 1.54) is 18.4 Å². The topological polar surface area (TPSA) is 37.0 Å². The molecule has 0 unspecified atom stereocenters. The second kappa shape index (κ2) is 5.36. The van der Waals surface area contributed by atoms with Crippen molar-refractivity contribution in [1.82, 2.24) is 10.3 Å². The molecule has 1 aliphatic rings. The summed E-state index contributed by atoms with van der Waals surface area (Å²) in [5.74, 6) is 0.954. The van der Waals surface area contributed by atoms with Crippen LogP contribution in [0.1, 0.15) is 25.3 Å². The zero-order chi connectivity index (χ0) is 12.3. The zero-order valence-electron chi connectivity index (χ0n) is 10.5. The lowest BCUT2D eigenvalue weighted by molar-refractivity contribution is 0.247. The highest BCUT2D eigenvalue weighted by Gasteiger charge is 2.26. The number of nitrogens with one attached hydrogen (secondary N) is 2. The third-order valence-electron chi connectivity index (χ3n) is 3.47. The number of aryl methyl sites for hydroxylation is 1. The lowest BCUT2D eigenvalue weighted by Crippen LogP contribution is -2.39. The summed E-state index contributed by atoms with van der Waals surface area (Å²) in [4.78, 5) is 4.42.